The van der Waals surface area contributed by atoms with Crippen LogP contribution in [0.25, 0.3) is 44.1 Å². The third kappa shape index (κ3) is 8.59. The van der Waals surface area contributed by atoms with Crippen molar-refractivity contribution in [1.82, 2.24) is 29.1 Å². The van der Waals surface area contributed by atoms with Crippen molar-refractivity contribution in [2.45, 2.75) is 62.5 Å². The van der Waals surface area contributed by atoms with Crippen LogP contribution in [0.1, 0.15) is 19.4 Å². The number of phosphoric acid groups is 1. The van der Waals surface area contributed by atoms with Crippen LogP contribution in [0, 0.1) is 3.57 Å². The number of H-pyrrole nitrogens is 1. The van der Waals surface area contributed by atoms with Gasteiger partial charge in [-0.25, -0.2) is 19.7 Å². The number of nitrogens with zero attached hydrogens (tertiary/aromatic N) is 6. The van der Waals surface area contributed by atoms with Gasteiger partial charge in [-0.05, 0) is 65.9 Å². The number of benzene rings is 3. The largest absolute Gasteiger partial charge is 0.756 e. The Bertz CT molecular complexity index is 3030. The van der Waals surface area contributed by atoms with Gasteiger partial charge < -0.3 is 61.0 Å². The molecule has 0 saturated carbocycles. The third-order valence-electron chi connectivity index (χ3n) is 10.9. The Morgan fingerprint density at radius 1 is 0.891 bits per heavy atom. The molecule has 2 aliphatic heterocycles. The number of rotatable bonds is 10. The molecule has 2 saturated heterocycles. The standard InChI is InChI=1S/C21H19N3.C19H23IN7O12P/c1-2-24-20-13-16(23)9-11-18(20)17-10-8-15(22)12-19(17)21(24)14-6-4-3-5-7-14;20-6-1-26(19(33)25-16(6)32)18-12(31)13(7(2-28)37-18)39-40(34,35)36-3-8-10(29)11(30)17(38-8)27-5-24-9-14(21)22-4-23-15(9)27/h3-13,23H,2,22H2,1H3;1,4-5,7-8,10-13,17-18,28-31H,2-3H2,(H,34,35)(H2,21,22,23)(H,25,32,33)/t;7-,8-,10-,11-,12-,13-,17-,18-/m.1/s1. The fourth-order valence-electron chi connectivity index (χ4n) is 7.87. The van der Waals surface area contributed by atoms with Gasteiger partial charge in [0.25, 0.3) is 13.4 Å². The number of nitrogen functional groups attached to an aromatic ring is 3. The molecular formula is C40H42IN10O12P. The molecule has 0 radical (unpaired) electrons. The minimum absolute atomic E-state index is 0.0720. The molecule has 7 aromatic rings. The number of ether oxygens (including phenoxy) is 2. The molecule has 0 aliphatic carbocycles. The van der Waals surface area contributed by atoms with Crippen LogP contribution in [0.5, 0.6) is 0 Å². The molecule has 0 amide bonds. The molecule has 64 heavy (non-hydrogen) atoms. The number of halogens is 1. The summed E-state index contributed by atoms with van der Waals surface area (Å²) in [5, 5.41) is 44.9. The van der Waals surface area contributed by atoms with E-state index in [0.29, 0.717) is 0 Å². The third-order valence-corrected chi connectivity index (χ3v) is 12.6. The van der Waals surface area contributed by atoms with Gasteiger partial charge in [0, 0.05) is 34.6 Å². The minimum Gasteiger partial charge on any atom is -0.756 e. The first-order valence-corrected chi connectivity index (χ1v) is 22.2. The second-order valence-electron chi connectivity index (χ2n) is 14.9. The van der Waals surface area contributed by atoms with E-state index < -0.39 is 81.4 Å². The molecule has 4 aromatic heterocycles. The fourth-order valence-corrected chi connectivity index (χ4v) is 9.25. The zero-order valence-corrected chi connectivity index (χ0v) is 36.7. The van der Waals surface area contributed by atoms with Crippen LogP contribution in [0.15, 0.2) is 95.2 Å². The summed E-state index contributed by atoms with van der Waals surface area (Å²) in [5.41, 5.74) is 21.8. The van der Waals surface area contributed by atoms with E-state index >= 15 is 0 Å². The number of pyridine rings is 1. The summed E-state index contributed by atoms with van der Waals surface area (Å²) in [6.07, 6.45) is -8.69. The van der Waals surface area contributed by atoms with Crippen molar-refractivity contribution in [1.29, 1.82) is 0 Å². The highest BCUT2D eigenvalue weighted by atomic mass is 127. The molecule has 2 fully saturated rings. The summed E-state index contributed by atoms with van der Waals surface area (Å²) < 4.78 is 38.0. The predicted molar refractivity (Wildman–Crippen MR) is 237 cm³/mol. The Morgan fingerprint density at radius 2 is 1.58 bits per heavy atom. The second kappa shape index (κ2) is 18.2. The van der Waals surface area contributed by atoms with E-state index in [-0.39, 0.29) is 20.6 Å². The summed E-state index contributed by atoms with van der Waals surface area (Å²) in [7, 11) is -5.28. The van der Waals surface area contributed by atoms with Crippen molar-refractivity contribution in [3.8, 4) is 11.3 Å². The smallest absolute Gasteiger partial charge is 0.330 e. The van der Waals surface area contributed by atoms with Crippen molar-refractivity contribution in [2.24, 2.45) is 0 Å². The molecule has 24 heteroatoms. The van der Waals surface area contributed by atoms with E-state index in [0.717, 1.165) is 34.2 Å². The number of imidazole rings is 1. The molecule has 3 aromatic carbocycles. The van der Waals surface area contributed by atoms with Crippen molar-refractivity contribution >= 4 is 80.4 Å². The Labute approximate surface area is 375 Å². The average Bonchev–Trinajstić information content (AvgIpc) is 3.93. The molecule has 0 bridgehead atoms. The Balaban J connectivity index is 0.000000198. The Kier molecular flexibility index (Phi) is 12.8. The van der Waals surface area contributed by atoms with E-state index in [1.54, 1.807) is 22.6 Å². The van der Waals surface area contributed by atoms with E-state index in [1.807, 2.05) is 23.2 Å². The van der Waals surface area contributed by atoms with Crippen LogP contribution in [-0.2, 0) is 29.6 Å². The van der Waals surface area contributed by atoms with E-state index in [1.165, 1.54) is 44.6 Å². The van der Waals surface area contributed by atoms with Crippen LogP contribution in [0.4, 0.5) is 17.2 Å². The van der Waals surface area contributed by atoms with Gasteiger partial charge in [-0.3, -0.25) is 23.5 Å². The molecule has 6 heterocycles. The number of aliphatic hydroxyl groups excluding tert-OH is 4. The maximum Gasteiger partial charge on any atom is 0.330 e. The first-order chi connectivity index (χ1) is 30.6. The van der Waals surface area contributed by atoms with Gasteiger partial charge in [0.05, 0.1) is 33.9 Å². The van der Waals surface area contributed by atoms with Gasteiger partial charge in [0.1, 0.15) is 55.0 Å². The summed E-state index contributed by atoms with van der Waals surface area (Å²) in [6.45, 7) is 1.40. The number of aromatic nitrogens is 7. The summed E-state index contributed by atoms with van der Waals surface area (Å²) >= 11 is 1.64. The van der Waals surface area contributed by atoms with Crippen molar-refractivity contribution in [3.63, 3.8) is 0 Å². The highest BCUT2D eigenvalue weighted by Gasteiger charge is 2.49. The number of anilines is 3. The number of fused-ring (bicyclic) bond motifs is 4. The lowest BCUT2D eigenvalue weighted by molar-refractivity contribution is -0.655. The predicted octanol–water partition coefficient (Wildman–Crippen LogP) is 0.435. The lowest BCUT2D eigenvalue weighted by atomic mass is 9.98. The van der Waals surface area contributed by atoms with Crippen molar-refractivity contribution in [3.05, 3.63) is 110 Å². The van der Waals surface area contributed by atoms with Crippen LogP contribution in [0.2, 0.25) is 0 Å². The number of nitrogens with one attached hydrogen (secondary N) is 1. The zero-order chi connectivity index (χ0) is 45.6. The van der Waals surface area contributed by atoms with Crippen LogP contribution in [-0.4, -0.2) is 99.3 Å². The van der Waals surface area contributed by atoms with Crippen molar-refractivity contribution < 1.29 is 53.0 Å². The van der Waals surface area contributed by atoms with E-state index in [4.69, 9.17) is 35.7 Å². The molecule has 22 nitrogen and oxygen atoms in total. The van der Waals surface area contributed by atoms with Crippen LogP contribution >= 0.6 is 30.4 Å². The highest BCUT2D eigenvalue weighted by Crippen LogP contribution is 2.46. The lowest BCUT2D eigenvalue weighted by Crippen LogP contribution is -2.40. The molecule has 1 unspecified atom stereocenters. The average molecular weight is 1010 g/mol. The first kappa shape index (κ1) is 45.1. The van der Waals surface area contributed by atoms with Crippen LogP contribution < -0.4 is 37.9 Å². The summed E-state index contributed by atoms with van der Waals surface area (Å²) in [4.78, 5) is 50.4. The second-order valence-corrected chi connectivity index (χ2v) is 17.4. The number of nitrogens with two attached hydrogens (primary N) is 3. The normalized spacial score (nSPS) is 24.2. The SMILES string of the molecule is CC[n+]1c(-c2ccccc2)c2cc(N)ccc2c2ccc(N)cc21.Nc1ncnc2c1ncn2[C@@H]1O[C@H](COP(=O)([O-])O[C@H]2[C@@H](O)[C@H](n3cc(I)c(=O)[nH]c3=O)O[C@@H]2CO)[C@@H](O)[C@H]1O. The quantitative estimate of drug-likeness (QED) is 0.0303. The monoisotopic (exact) mass is 1010 g/mol. The summed E-state index contributed by atoms with van der Waals surface area (Å²) in [6, 6.07) is 22.7. The number of aromatic amines is 1. The molecule has 2 aliphatic rings. The van der Waals surface area contributed by atoms with Gasteiger partial charge in [-0.1, -0.05) is 24.3 Å². The molecule has 11 N–H and O–H groups in total. The molecule has 9 rings (SSSR count). The van der Waals surface area contributed by atoms with Gasteiger partial charge in [-0.15, -0.1) is 0 Å². The van der Waals surface area contributed by atoms with Gasteiger partial charge in [0.2, 0.25) is 11.2 Å². The Hall–Kier alpha value is -5.44. The maximum atomic E-state index is 12.6. The van der Waals surface area contributed by atoms with Crippen LogP contribution in [0.3, 0.4) is 0 Å². The first-order valence-electron chi connectivity index (χ1n) is 19.6. The lowest BCUT2D eigenvalue weighted by Gasteiger charge is -2.30. The highest BCUT2D eigenvalue weighted by molar-refractivity contribution is 14.1. The number of aryl methyl sites for hydroxylation is 1. The zero-order valence-electron chi connectivity index (χ0n) is 33.6. The fraction of sp³-hybridized carbons (Fsp3) is 0.300. The maximum absolute atomic E-state index is 12.6. The van der Waals surface area contributed by atoms with Gasteiger partial charge in [0.15, 0.2) is 23.9 Å². The molecule has 9 atom stereocenters. The van der Waals surface area contributed by atoms with E-state index in [9.17, 15) is 39.5 Å². The van der Waals surface area contributed by atoms with Crippen molar-refractivity contribution in [2.75, 3.05) is 30.4 Å². The molecule has 0 spiro atoms. The number of hydrogen-bond acceptors (Lipinski definition) is 18. The van der Waals surface area contributed by atoms with Gasteiger partial charge in [-0.2, -0.15) is 4.57 Å². The topological polar surface area (TPSA) is 338 Å². The summed E-state index contributed by atoms with van der Waals surface area (Å²) in [5.74, 6) is 0.0720. The van der Waals surface area contributed by atoms with Gasteiger partial charge >= 0.3 is 5.69 Å². The molecule has 336 valence electrons. The number of phosphoric ester groups is 1. The minimum atomic E-state index is -5.28. The Morgan fingerprint density at radius 3 is 2.30 bits per heavy atom. The van der Waals surface area contributed by atoms with E-state index in [2.05, 4.69) is 75.0 Å². The molecular weight excluding hydrogens is 970 g/mol. The number of aliphatic hydroxyl groups is 4. The number of hydrogen-bond donors (Lipinski definition) is 8.